The number of carbonyl (C=O) groups is 3. The van der Waals surface area contributed by atoms with Gasteiger partial charge in [-0.15, -0.1) is 0 Å². The van der Waals surface area contributed by atoms with Gasteiger partial charge in [-0.3, -0.25) is 34.4 Å². The molecule has 2 aliphatic rings. The van der Waals surface area contributed by atoms with Crippen LogP contribution >= 0.6 is 24.1 Å². The molecule has 0 aromatic heterocycles. The minimum atomic E-state index is -4.38. The maximum atomic E-state index is 12.6. The van der Waals surface area contributed by atoms with Gasteiger partial charge in [0, 0.05) is 121 Å². The number of nitrogens with zero attached hydrogens (tertiary/aromatic N) is 4. The fraction of sp³-hybridized carbons (Fsp3) is 0.394. The summed E-state index contributed by atoms with van der Waals surface area (Å²) in [7, 11) is -8.62. The molecule has 1 N–H and O–H groups in total. The molecule has 1 amide bonds. The maximum absolute atomic E-state index is 12.6. The number of para-hydroxylation sites is 3. The van der Waals surface area contributed by atoms with Crippen molar-refractivity contribution < 1.29 is 202 Å². The molecule has 0 radical (unpaired) electrons. The molecule has 0 saturated heterocycles. The number of nitrogens with one attached hydrogen (secondary N) is 1. The van der Waals surface area contributed by atoms with E-state index in [9.17, 15) is 50.8 Å². The van der Waals surface area contributed by atoms with E-state index in [1.807, 2.05) is 153 Å². The Morgan fingerprint density at radius 3 is 1.52 bits per heavy atom. The third-order valence-corrected chi connectivity index (χ3v) is 17.6. The van der Waals surface area contributed by atoms with Crippen LogP contribution in [-0.2, 0) is 68.9 Å². The van der Waals surface area contributed by atoms with Crippen molar-refractivity contribution in [3.63, 3.8) is 0 Å². The number of hydrogen-bond donors (Lipinski definition) is 1. The molecule has 2 unspecified atom stereocenters. The summed E-state index contributed by atoms with van der Waals surface area (Å²) in [6, 6.07) is 40.6. The van der Waals surface area contributed by atoms with E-state index in [1.165, 1.54) is 33.6 Å². The zero-order valence-corrected chi connectivity index (χ0v) is 68.0. The molecule has 0 fully saturated rings. The first-order chi connectivity index (χ1) is 43.4. The SMILES string of the molecule is C(/C=C/Nc1ccccc1)=Nc1ccccc1.CC(=O)OC(C)=O.CCCCCC[N+]1=C(/C=C/N(C(C)=O)c2ccccc2)C(C)(CCCS(=O)(=O)[O-])c2cc(SOO[O-])ccc21.CCCCCC[N+]1=C(C)C(C)(CCCS(=O)(=O)[O-])c2cc(SOO[O-])ccc21.[Na+].[Na+].[Na+].[Na+]. The zero-order valence-electron chi connectivity index (χ0n) is 56.8. The predicted octanol–water partition coefficient (Wildman–Crippen LogP) is 0.0718. The fourth-order valence-corrected chi connectivity index (χ4v) is 12.3. The largest absolute Gasteiger partial charge is 1.00 e. The van der Waals surface area contributed by atoms with Gasteiger partial charge in [0.2, 0.25) is 17.3 Å². The van der Waals surface area contributed by atoms with Crippen LogP contribution in [0.25, 0.3) is 0 Å². The minimum Gasteiger partial charge on any atom is -0.748 e. The van der Waals surface area contributed by atoms with Gasteiger partial charge >= 0.3 is 130 Å². The average Bonchev–Trinajstić information content (AvgIpc) is 1.60. The molecule has 5 aromatic carbocycles. The van der Waals surface area contributed by atoms with Crippen molar-refractivity contribution in [1.82, 2.24) is 0 Å². The van der Waals surface area contributed by atoms with E-state index in [0.29, 0.717) is 24.2 Å². The van der Waals surface area contributed by atoms with Crippen LogP contribution in [0.5, 0.6) is 0 Å². The van der Waals surface area contributed by atoms with Crippen molar-refractivity contribution in [3.05, 3.63) is 163 Å². The summed E-state index contributed by atoms with van der Waals surface area (Å²) in [6.45, 7) is 15.9. The molecular weight excluding hydrogens is 1340 g/mol. The van der Waals surface area contributed by atoms with Crippen molar-refractivity contribution >= 4 is 108 Å². The number of unbranched alkanes of at least 4 members (excludes halogenated alkanes) is 6. The van der Waals surface area contributed by atoms with Crippen LogP contribution in [0.1, 0.15) is 144 Å². The summed E-state index contributed by atoms with van der Waals surface area (Å²) >= 11 is 1.62. The average molecular weight is 1420 g/mol. The van der Waals surface area contributed by atoms with Crippen molar-refractivity contribution in [1.29, 1.82) is 0 Å². The van der Waals surface area contributed by atoms with E-state index < -0.39 is 43.3 Å². The first-order valence-electron chi connectivity index (χ1n) is 29.9. The van der Waals surface area contributed by atoms with Gasteiger partial charge < -0.3 is 29.7 Å². The Labute approximate surface area is 658 Å². The molecular formula is C66H83N5Na4O16S4+2. The quantitative estimate of drug-likeness (QED) is 0.00587. The standard InChI is InChI=1S/C28H36N2O7S2.C19H29NO6S2.C15H14N2.C4H6O3.4Na/c1-4-5-6-10-18-30-26-15-14-24(38-37-36-32)21-25(26)28(3,17-11-20-39(33,34)35)27(30)16-19-29(22(2)31)23-12-8-7-9-13-23;1-4-5-6-7-12-20-15(2)19(3,11-8-13-28(22,23)24)17-14-16(27-26-25-21)9-10-18(17)20;1-3-8-14(9-4-1)16-12-7-13-17-15-10-5-2-6-11-15;1-3(5)7-4(2)6;;;;/h7-9,12-16,19,21H,4-6,10-11,17-18,20H2,1-3H3,(H-,32,33,34,35);9-10,14H,4-8,11-13H2,1-3H3,(H-,21,22,23,24);1-13,16H;1-2H3;;;;/q;;;;4*+1/p-2/b;;12-7+,17-13?;;;;;. The Kier molecular flexibility index (Phi) is 47.6. The zero-order chi connectivity index (χ0) is 66.9. The van der Waals surface area contributed by atoms with Crippen LogP contribution in [0, 0.1) is 0 Å². The van der Waals surface area contributed by atoms with Crippen LogP contribution in [0.4, 0.5) is 28.4 Å². The second-order valence-electron chi connectivity index (χ2n) is 21.7. The molecule has 29 heteroatoms. The summed E-state index contributed by atoms with van der Waals surface area (Å²) < 4.78 is 84.8. The van der Waals surface area contributed by atoms with Crippen molar-refractivity contribution in [2.24, 2.45) is 4.99 Å². The number of carbonyl (C=O) groups excluding carboxylic acids is 3. The van der Waals surface area contributed by atoms with Crippen molar-refractivity contribution in [3.8, 4) is 0 Å². The summed E-state index contributed by atoms with van der Waals surface area (Å²) in [6.07, 6.45) is 19.3. The maximum Gasteiger partial charge on any atom is 1.00 e. The number of allylic oxidation sites excluding steroid dienone is 2. The molecule has 7 rings (SSSR count). The monoisotopic (exact) mass is 1420 g/mol. The Hall–Kier alpha value is -2.72. The molecule has 0 spiro atoms. The predicted molar refractivity (Wildman–Crippen MR) is 350 cm³/mol. The number of rotatable bonds is 31. The number of amides is 1. The normalized spacial score (nSPS) is 15.3. The number of hydrogen-bond acceptors (Lipinski definition) is 20. The van der Waals surface area contributed by atoms with Gasteiger partial charge in [-0.05, 0) is 119 Å². The molecule has 2 aliphatic heterocycles. The van der Waals surface area contributed by atoms with Crippen LogP contribution in [0.15, 0.2) is 167 Å². The molecule has 21 nitrogen and oxygen atoms in total. The van der Waals surface area contributed by atoms with Gasteiger partial charge in [-0.1, -0.05) is 94.1 Å². The Balaban J connectivity index is 0.00000138. The van der Waals surface area contributed by atoms with E-state index in [4.69, 9.17) is 0 Å². The van der Waals surface area contributed by atoms with E-state index in [1.54, 1.807) is 17.3 Å². The Morgan fingerprint density at radius 1 is 0.611 bits per heavy atom. The topological polar surface area (TPSA) is 292 Å². The van der Waals surface area contributed by atoms with E-state index in [0.717, 1.165) is 132 Å². The van der Waals surface area contributed by atoms with E-state index in [2.05, 4.69) is 70.6 Å². The Morgan fingerprint density at radius 2 is 1.06 bits per heavy atom. The van der Waals surface area contributed by atoms with Crippen LogP contribution in [-0.4, -0.2) is 95.2 Å². The first kappa shape index (κ1) is 92.3. The number of fused-ring (bicyclic) bond motifs is 2. The molecule has 2 atom stereocenters. The number of aliphatic imine (C=N–C) groups is 1. The van der Waals surface area contributed by atoms with Crippen molar-refractivity contribution in [2.75, 3.05) is 34.8 Å². The first-order valence-corrected chi connectivity index (χ1v) is 34.5. The summed E-state index contributed by atoms with van der Waals surface area (Å²) in [4.78, 5) is 39.4. The van der Waals surface area contributed by atoms with Gasteiger partial charge in [-0.25, -0.2) is 16.8 Å². The summed E-state index contributed by atoms with van der Waals surface area (Å²) in [5.41, 5.74) is 7.68. The second kappa shape index (κ2) is 49.0. The third kappa shape index (κ3) is 33.1. The number of benzene rings is 5. The number of esters is 2. The van der Waals surface area contributed by atoms with Crippen LogP contribution in [0.2, 0.25) is 0 Å². The molecule has 0 saturated carbocycles. The molecule has 494 valence electrons. The Bertz CT molecular complexity index is 3510. The van der Waals surface area contributed by atoms with E-state index >= 15 is 0 Å². The van der Waals surface area contributed by atoms with Gasteiger partial charge in [0.25, 0.3) is 0 Å². The van der Waals surface area contributed by atoms with Gasteiger partial charge in [-0.2, -0.15) is 17.8 Å². The smallest absolute Gasteiger partial charge is 0.748 e. The van der Waals surface area contributed by atoms with Gasteiger partial charge in [0.15, 0.2) is 11.4 Å². The van der Waals surface area contributed by atoms with Crippen molar-refractivity contribution in [2.45, 2.75) is 153 Å². The van der Waals surface area contributed by atoms with Gasteiger partial charge in [0.1, 0.15) is 13.1 Å². The summed E-state index contributed by atoms with van der Waals surface area (Å²) in [5.74, 6) is -2.13. The number of anilines is 2. The molecule has 2 heterocycles. The molecule has 0 aliphatic carbocycles. The minimum absolute atomic E-state index is 0. The van der Waals surface area contributed by atoms with Crippen LogP contribution < -0.4 is 139 Å². The molecule has 0 bridgehead atoms. The number of ether oxygens (including phenoxy) is 1. The molecule has 95 heavy (non-hydrogen) atoms. The fourth-order valence-electron chi connectivity index (χ4n) is 10.5. The van der Waals surface area contributed by atoms with E-state index in [-0.39, 0.29) is 142 Å². The second-order valence-corrected chi connectivity index (χ2v) is 26.3. The summed E-state index contributed by atoms with van der Waals surface area (Å²) in [5, 5.41) is 30.7. The van der Waals surface area contributed by atoms with Gasteiger partial charge in [0.05, 0.1) is 60.8 Å². The molecule has 5 aromatic rings. The third-order valence-electron chi connectivity index (χ3n) is 14.9. The van der Waals surface area contributed by atoms with Crippen LogP contribution in [0.3, 0.4) is 0 Å².